The Bertz CT molecular complexity index is 977. The van der Waals surface area contributed by atoms with Gasteiger partial charge in [-0.25, -0.2) is 14.4 Å². The fourth-order valence-corrected chi connectivity index (χ4v) is 3.49. The van der Waals surface area contributed by atoms with Crippen molar-refractivity contribution in [1.82, 2.24) is 15.3 Å². The molecule has 1 aliphatic heterocycles. The average Bonchev–Trinajstić information content (AvgIpc) is 3.09. The van der Waals surface area contributed by atoms with Gasteiger partial charge in [-0.1, -0.05) is 18.2 Å². The molecule has 0 spiro atoms. The van der Waals surface area contributed by atoms with Crippen LogP contribution in [0.4, 0.5) is 10.2 Å². The van der Waals surface area contributed by atoms with E-state index in [2.05, 4.69) is 20.6 Å². The Morgan fingerprint density at radius 2 is 2.04 bits per heavy atom. The van der Waals surface area contributed by atoms with Crippen LogP contribution in [-0.4, -0.2) is 35.0 Å². The number of nitrogens with zero attached hydrogens (tertiary/aromatic N) is 2. The zero-order valence-electron chi connectivity index (χ0n) is 13.9. The zero-order valence-corrected chi connectivity index (χ0v) is 13.9. The van der Waals surface area contributed by atoms with Gasteiger partial charge in [0, 0.05) is 30.4 Å². The monoisotopic (exact) mass is 351 g/mol. The number of nitrogens with two attached hydrogens (primary N) is 1. The molecule has 1 unspecified atom stereocenters. The highest BCUT2D eigenvalue weighted by atomic mass is 19.1. The Morgan fingerprint density at radius 1 is 1.19 bits per heavy atom. The molecule has 7 heteroatoms. The molecule has 2 heterocycles. The second kappa shape index (κ2) is 6.68. The first kappa shape index (κ1) is 16.4. The van der Waals surface area contributed by atoms with E-state index in [9.17, 15) is 9.18 Å². The highest BCUT2D eigenvalue weighted by Crippen LogP contribution is 2.28. The van der Waals surface area contributed by atoms with Gasteiger partial charge in [-0.2, -0.15) is 0 Å². The second-order valence-corrected chi connectivity index (χ2v) is 6.36. The van der Waals surface area contributed by atoms with Gasteiger partial charge in [-0.05, 0) is 29.8 Å². The first-order chi connectivity index (χ1) is 12.6. The van der Waals surface area contributed by atoms with E-state index in [0.717, 1.165) is 24.0 Å². The molecule has 1 aliphatic rings. The summed E-state index contributed by atoms with van der Waals surface area (Å²) in [5, 5.41) is 7.50. The smallest absolute Gasteiger partial charge is 0.250 e. The van der Waals surface area contributed by atoms with Crippen molar-refractivity contribution in [3.63, 3.8) is 0 Å². The minimum absolute atomic E-state index is 0.0344. The summed E-state index contributed by atoms with van der Waals surface area (Å²) in [6.07, 6.45) is 1.41. The number of nitrogens with one attached hydrogen (secondary N) is 2. The fourth-order valence-electron chi connectivity index (χ4n) is 3.49. The molecule has 0 aliphatic carbocycles. The van der Waals surface area contributed by atoms with Crippen molar-refractivity contribution in [3.05, 3.63) is 65.7 Å². The number of carbonyl (C=O) groups excluding carboxylic acids is 1. The van der Waals surface area contributed by atoms with E-state index in [1.165, 1.54) is 12.4 Å². The van der Waals surface area contributed by atoms with Gasteiger partial charge in [0.2, 0.25) is 0 Å². The summed E-state index contributed by atoms with van der Waals surface area (Å²) in [6, 6.07) is 11.9. The molecule has 26 heavy (non-hydrogen) atoms. The molecule has 4 rings (SSSR count). The molecule has 132 valence electrons. The average molecular weight is 351 g/mol. The lowest BCUT2D eigenvalue weighted by molar-refractivity contribution is 0.100. The van der Waals surface area contributed by atoms with E-state index >= 15 is 0 Å². The van der Waals surface area contributed by atoms with Crippen LogP contribution < -0.4 is 16.4 Å². The lowest BCUT2D eigenvalue weighted by atomic mass is 9.94. The molecule has 2 aromatic carbocycles. The van der Waals surface area contributed by atoms with Gasteiger partial charge in [-0.15, -0.1) is 0 Å². The Kier molecular flexibility index (Phi) is 4.22. The molecule has 2 atom stereocenters. The molecule has 0 saturated carbocycles. The van der Waals surface area contributed by atoms with Crippen LogP contribution >= 0.6 is 0 Å². The van der Waals surface area contributed by atoms with Crippen molar-refractivity contribution in [2.24, 2.45) is 5.73 Å². The Labute approximate surface area is 149 Å². The lowest BCUT2D eigenvalue weighted by Gasteiger charge is -2.21. The standard InChI is InChI=1S/C19H18FN5O/c20-12-4-1-3-11(7-12)15-8-22-9-16(15)25-19-14-6-2-5-13(18(21)26)17(14)23-10-24-19/h1-7,10,15-16,22H,8-9H2,(H2,21,26)(H,23,24,25)/t15-,16?/m1/s1. The zero-order chi connectivity index (χ0) is 18.1. The SMILES string of the molecule is NC(=O)c1cccc2c(NC3CNC[C@@H]3c3cccc(F)c3)ncnc12. The van der Waals surface area contributed by atoms with Crippen molar-refractivity contribution in [1.29, 1.82) is 0 Å². The first-order valence-corrected chi connectivity index (χ1v) is 8.40. The summed E-state index contributed by atoms with van der Waals surface area (Å²) in [5.41, 5.74) is 7.25. The molecule has 0 radical (unpaired) electrons. The summed E-state index contributed by atoms with van der Waals surface area (Å²) >= 11 is 0. The third-order valence-corrected chi connectivity index (χ3v) is 4.74. The van der Waals surface area contributed by atoms with Crippen molar-refractivity contribution in [3.8, 4) is 0 Å². The van der Waals surface area contributed by atoms with Crippen LogP contribution in [0.2, 0.25) is 0 Å². The number of carbonyl (C=O) groups is 1. The molecule has 1 fully saturated rings. The fraction of sp³-hybridized carbons (Fsp3) is 0.211. The van der Waals surface area contributed by atoms with E-state index in [1.807, 2.05) is 12.1 Å². The topological polar surface area (TPSA) is 92.9 Å². The number of primary amides is 1. The molecule has 1 aromatic heterocycles. The van der Waals surface area contributed by atoms with Gasteiger partial charge in [-0.3, -0.25) is 4.79 Å². The van der Waals surface area contributed by atoms with Crippen LogP contribution in [0.5, 0.6) is 0 Å². The summed E-state index contributed by atoms with van der Waals surface area (Å²) < 4.78 is 13.6. The molecule has 0 bridgehead atoms. The van der Waals surface area contributed by atoms with Crippen molar-refractivity contribution >= 4 is 22.6 Å². The minimum atomic E-state index is -0.527. The lowest BCUT2D eigenvalue weighted by Crippen LogP contribution is -2.28. The third-order valence-electron chi connectivity index (χ3n) is 4.74. The Hall–Kier alpha value is -3.06. The number of halogens is 1. The number of para-hydroxylation sites is 1. The van der Waals surface area contributed by atoms with E-state index in [4.69, 9.17) is 5.73 Å². The molecule has 1 saturated heterocycles. The van der Waals surface area contributed by atoms with Crippen LogP contribution in [0.15, 0.2) is 48.8 Å². The van der Waals surface area contributed by atoms with Gasteiger partial charge in [0.05, 0.1) is 11.1 Å². The van der Waals surface area contributed by atoms with Crippen LogP contribution in [-0.2, 0) is 0 Å². The highest BCUT2D eigenvalue weighted by molar-refractivity contribution is 6.06. The number of aromatic nitrogens is 2. The summed E-state index contributed by atoms with van der Waals surface area (Å²) in [4.78, 5) is 20.2. The minimum Gasteiger partial charge on any atom is -0.366 e. The Morgan fingerprint density at radius 3 is 2.85 bits per heavy atom. The summed E-state index contributed by atoms with van der Waals surface area (Å²) in [5.74, 6) is -0.0320. The van der Waals surface area contributed by atoms with E-state index in [0.29, 0.717) is 16.9 Å². The summed E-state index contributed by atoms with van der Waals surface area (Å²) in [7, 11) is 0. The van der Waals surface area contributed by atoms with E-state index < -0.39 is 5.91 Å². The first-order valence-electron chi connectivity index (χ1n) is 8.40. The number of benzene rings is 2. The van der Waals surface area contributed by atoms with Gasteiger partial charge in [0.25, 0.3) is 5.91 Å². The van der Waals surface area contributed by atoms with Crippen molar-refractivity contribution in [2.45, 2.75) is 12.0 Å². The summed E-state index contributed by atoms with van der Waals surface area (Å²) in [6.45, 7) is 1.47. The number of hydrogen-bond acceptors (Lipinski definition) is 5. The van der Waals surface area contributed by atoms with Crippen molar-refractivity contribution < 1.29 is 9.18 Å². The van der Waals surface area contributed by atoms with E-state index in [-0.39, 0.29) is 17.8 Å². The molecule has 1 amide bonds. The van der Waals surface area contributed by atoms with E-state index in [1.54, 1.807) is 24.3 Å². The number of amides is 1. The normalized spacial score (nSPS) is 19.6. The number of rotatable bonds is 4. The number of anilines is 1. The number of hydrogen-bond donors (Lipinski definition) is 3. The van der Waals surface area contributed by atoms with Crippen LogP contribution in [0, 0.1) is 5.82 Å². The molecule has 6 nitrogen and oxygen atoms in total. The quantitative estimate of drug-likeness (QED) is 0.669. The number of fused-ring (bicyclic) bond motifs is 1. The largest absolute Gasteiger partial charge is 0.366 e. The third kappa shape index (κ3) is 2.97. The molecule has 4 N–H and O–H groups in total. The molecule has 3 aromatic rings. The molecular weight excluding hydrogens is 333 g/mol. The van der Waals surface area contributed by atoms with Crippen LogP contribution in [0.3, 0.4) is 0 Å². The highest BCUT2D eigenvalue weighted by Gasteiger charge is 2.29. The Balaban J connectivity index is 1.68. The maximum Gasteiger partial charge on any atom is 0.250 e. The van der Waals surface area contributed by atoms with Gasteiger partial charge in [0.15, 0.2) is 0 Å². The maximum absolute atomic E-state index is 13.6. The van der Waals surface area contributed by atoms with Gasteiger partial charge < -0.3 is 16.4 Å². The maximum atomic E-state index is 13.6. The predicted octanol–water partition coefficient (Wildman–Crippen LogP) is 2.04. The van der Waals surface area contributed by atoms with Gasteiger partial charge >= 0.3 is 0 Å². The van der Waals surface area contributed by atoms with Gasteiger partial charge in [0.1, 0.15) is 18.0 Å². The van der Waals surface area contributed by atoms with Crippen LogP contribution in [0.25, 0.3) is 10.9 Å². The van der Waals surface area contributed by atoms with Crippen molar-refractivity contribution in [2.75, 3.05) is 18.4 Å². The van der Waals surface area contributed by atoms with Crippen LogP contribution in [0.1, 0.15) is 21.8 Å². The predicted molar refractivity (Wildman–Crippen MR) is 97.5 cm³/mol. The molecular formula is C19H18FN5O. The second-order valence-electron chi connectivity index (χ2n) is 6.36.